The minimum Gasteiger partial charge on any atom is -0.480 e. The third-order valence-corrected chi connectivity index (χ3v) is 5.26. The van der Waals surface area contributed by atoms with Gasteiger partial charge in [-0.2, -0.15) is 0 Å². The zero-order valence-corrected chi connectivity index (χ0v) is 19.5. The molecule has 12 heteroatoms. The van der Waals surface area contributed by atoms with E-state index in [2.05, 4.69) is 25.9 Å². The Balaban J connectivity index is 3.05. The van der Waals surface area contributed by atoms with Crippen LogP contribution in [0.15, 0.2) is 12.5 Å². The highest BCUT2D eigenvalue weighted by atomic mass is 16.4. The van der Waals surface area contributed by atoms with E-state index >= 15 is 0 Å². The summed E-state index contributed by atoms with van der Waals surface area (Å²) in [6.07, 6.45) is 3.71. The summed E-state index contributed by atoms with van der Waals surface area (Å²) in [7, 11) is 0. The number of nitrogens with zero attached hydrogens (tertiary/aromatic N) is 1. The number of carbonyl (C=O) groups is 4. The highest BCUT2D eigenvalue weighted by Gasteiger charge is 2.33. The predicted molar refractivity (Wildman–Crippen MR) is 120 cm³/mol. The topological polar surface area (TPSA) is 200 Å². The molecule has 1 aromatic rings. The molecular weight excluding hydrogens is 432 g/mol. The van der Waals surface area contributed by atoms with Crippen LogP contribution in [0, 0.1) is 11.8 Å². The van der Waals surface area contributed by atoms with Crippen molar-refractivity contribution in [2.24, 2.45) is 17.6 Å². The Morgan fingerprint density at radius 2 is 1.70 bits per heavy atom. The Hall–Kier alpha value is -2.99. The lowest BCUT2D eigenvalue weighted by Crippen LogP contribution is -2.59. The van der Waals surface area contributed by atoms with Crippen molar-refractivity contribution in [1.29, 1.82) is 0 Å². The number of aliphatic hydroxyl groups is 1. The van der Waals surface area contributed by atoms with E-state index in [9.17, 15) is 24.3 Å². The van der Waals surface area contributed by atoms with Crippen LogP contribution in [-0.2, 0) is 25.6 Å². The summed E-state index contributed by atoms with van der Waals surface area (Å²) >= 11 is 0. The predicted octanol–water partition coefficient (Wildman–Crippen LogP) is -1.10. The van der Waals surface area contributed by atoms with Gasteiger partial charge >= 0.3 is 5.97 Å². The second-order valence-corrected chi connectivity index (χ2v) is 8.53. The molecule has 0 spiro atoms. The Morgan fingerprint density at radius 1 is 1.06 bits per heavy atom. The van der Waals surface area contributed by atoms with E-state index in [-0.39, 0.29) is 24.7 Å². The van der Waals surface area contributed by atoms with Gasteiger partial charge in [-0.15, -0.1) is 0 Å². The molecular formula is C21H36N6O6. The number of imidazole rings is 1. The summed E-state index contributed by atoms with van der Waals surface area (Å²) in [6.45, 7) is 6.68. The van der Waals surface area contributed by atoms with E-state index in [1.807, 2.05) is 20.8 Å². The van der Waals surface area contributed by atoms with Crippen LogP contribution in [0.2, 0.25) is 0 Å². The summed E-state index contributed by atoms with van der Waals surface area (Å²) in [4.78, 5) is 56.5. The fourth-order valence-corrected chi connectivity index (χ4v) is 3.10. The van der Waals surface area contributed by atoms with E-state index in [1.54, 1.807) is 6.92 Å². The monoisotopic (exact) mass is 468 g/mol. The molecule has 0 aliphatic carbocycles. The molecule has 3 amide bonds. The summed E-state index contributed by atoms with van der Waals surface area (Å²) in [6, 6.07) is -4.45. The molecule has 0 aliphatic heterocycles. The molecule has 1 rings (SSSR count). The van der Waals surface area contributed by atoms with Crippen molar-refractivity contribution < 1.29 is 29.4 Å². The van der Waals surface area contributed by atoms with Crippen LogP contribution >= 0.6 is 0 Å². The van der Waals surface area contributed by atoms with E-state index in [4.69, 9.17) is 10.8 Å². The van der Waals surface area contributed by atoms with Gasteiger partial charge in [-0.05, 0) is 18.3 Å². The van der Waals surface area contributed by atoms with Gasteiger partial charge in [-0.25, -0.2) is 9.78 Å². The van der Waals surface area contributed by atoms with Crippen LogP contribution in [0.4, 0.5) is 0 Å². The van der Waals surface area contributed by atoms with Crippen molar-refractivity contribution >= 4 is 23.7 Å². The third-order valence-electron chi connectivity index (χ3n) is 5.26. The minimum absolute atomic E-state index is 0.0350. The Kier molecular flexibility index (Phi) is 11.5. The number of hydrogen-bond donors (Lipinski definition) is 7. The molecule has 12 nitrogen and oxygen atoms in total. The minimum atomic E-state index is -1.22. The summed E-state index contributed by atoms with van der Waals surface area (Å²) in [5.74, 6) is -3.44. The number of nitrogens with two attached hydrogens (primary N) is 1. The average Bonchev–Trinajstić information content (AvgIpc) is 3.27. The number of aromatic amines is 1. The highest BCUT2D eigenvalue weighted by molar-refractivity contribution is 5.94. The highest BCUT2D eigenvalue weighted by Crippen LogP contribution is 2.12. The second-order valence-electron chi connectivity index (χ2n) is 8.53. The molecule has 0 bridgehead atoms. The van der Waals surface area contributed by atoms with Crippen LogP contribution in [0.25, 0.3) is 0 Å². The van der Waals surface area contributed by atoms with Crippen LogP contribution in [0.1, 0.15) is 46.2 Å². The second kappa shape index (κ2) is 13.5. The number of aromatic nitrogens is 2. The molecule has 0 radical (unpaired) electrons. The number of H-pyrrole nitrogens is 1. The van der Waals surface area contributed by atoms with Crippen molar-refractivity contribution in [3.63, 3.8) is 0 Å². The molecule has 186 valence electrons. The van der Waals surface area contributed by atoms with Crippen LogP contribution in [-0.4, -0.2) is 74.6 Å². The summed E-state index contributed by atoms with van der Waals surface area (Å²) in [5.41, 5.74) is 6.10. The zero-order valence-electron chi connectivity index (χ0n) is 19.5. The molecule has 1 aromatic heterocycles. The summed E-state index contributed by atoms with van der Waals surface area (Å²) in [5, 5.41) is 26.2. The van der Waals surface area contributed by atoms with Crippen LogP contribution in [0.5, 0.6) is 0 Å². The lowest BCUT2D eigenvalue weighted by Gasteiger charge is -2.28. The molecule has 5 unspecified atom stereocenters. The molecule has 5 atom stereocenters. The molecule has 1 heterocycles. The molecule has 0 saturated heterocycles. The largest absolute Gasteiger partial charge is 0.480 e. The maximum atomic E-state index is 13.1. The zero-order chi connectivity index (χ0) is 25.1. The van der Waals surface area contributed by atoms with E-state index < -0.39 is 54.5 Å². The molecule has 0 saturated carbocycles. The number of carbonyl (C=O) groups excluding carboxylic acids is 3. The van der Waals surface area contributed by atoms with E-state index in [0.717, 1.165) is 0 Å². The molecule has 0 fully saturated rings. The SMILES string of the molecule is CCC(C)C(NC(=O)C(Cc1cnc[nH]1)NC(=O)C(N)CO)C(=O)NC(CC(C)C)C(=O)O. The van der Waals surface area contributed by atoms with Gasteiger partial charge in [0, 0.05) is 18.3 Å². The Bertz CT molecular complexity index is 784. The Labute approximate surface area is 193 Å². The lowest BCUT2D eigenvalue weighted by atomic mass is 9.96. The van der Waals surface area contributed by atoms with E-state index in [1.165, 1.54) is 12.5 Å². The van der Waals surface area contributed by atoms with Gasteiger partial charge in [-0.3, -0.25) is 14.4 Å². The summed E-state index contributed by atoms with van der Waals surface area (Å²) < 4.78 is 0. The van der Waals surface area contributed by atoms with Crippen LogP contribution in [0.3, 0.4) is 0 Å². The van der Waals surface area contributed by atoms with Crippen molar-refractivity contribution in [3.05, 3.63) is 18.2 Å². The fraction of sp³-hybridized carbons (Fsp3) is 0.667. The number of hydrogen-bond acceptors (Lipinski definition) is 7. The van der Waals surface area contributed by atoms with Crippen LogP contribution < -0.4 is 21.7 Å². The molecule has 33 heavy (non-hydrogen) atoms. The van der Waals surface area contributed by atoms with Gasteiger partial charge in [0.2, 0.25) is 17.7 Å². The quantitative estimate of drug-likeness (QED) is 0.178. The van der Waals surface area contributed by atoms with Gasteiger partial charge in [0.25, 0.3) is 0 Å². The first kappa shape index (κ1) is 28.0. The van der Waals surface area contributed by atoms with Gasteiger partial charge in [0.1, 0.15) is 24.2 Å². The number of carboxylic acid groups (broad SMARTS) is 1. The average molecular weight is 469 g/mol. The van der Waals surface area contributed by atoms with Crippen molar-refractivity contribution in [2.75, 3.05) is 6.61 Å². The van der Waals surface area contributed by atoms with E-state index in [0.29, 0.717) is 12.1 Å². The first-order valence-corrected chi connectivity index (χ1v) is 11.0. The fourth-order valence-electron chi connectivity index (χ4n) is 3.10. The number of nitrogens with one attached hydrogen (secondary N) is 4. The lowest BCUT2D eigenvalue weighted by molar-refractivity contribution is -0.143. The molecule has 0 aromatic carbocycles. The normalized spacial score (nSPS) is 15.7. The Morgan fingerprint density at radius 3 is 2.18 bits per heavy atom. The maximum Gasteiger partial charge on any atom is 0.326 e. The maximum absolute atomic E-state index is 13.1. The number of rotatable bonds is 14. The number of amides is 3. The number of carboxylic acids is 1. The first-order chi connectivity index (χ1) is 15.5. The van der Waals surface area contributed by atoms with Gasteiger partial charge in [-0.1, -0.05) is 34.1 Å². The van der Waals surface area contributed by atoms with Crippen molar-refractivity contribution in [1.82, 2.24) is 25.9 Å². The van der Waals surface area contributed by atoms with Gasteiger partial charge < -0.3 is 36.9 Å². The third kappa shape index (κ3) is 9.18. The van der Waals surface area contributed by atoms with Crippen molar-refractivity contribution in [3.8, 4) is 0 Å². The van der Waals surface area contributed by atoms with Gasteiger partial charge in [0.05, 0.1) is 12.9 Å². The molecule has 0 aliphatic rings. The number of aliphatic carboxylic acids is 1. The van der Waals surface area contributed by atoms with Gasteiger partial charge in [0.15, 0.2) is 0 Å². The van der Waals surface area contributed by atoms with Crippen molar-refractivity contribution in [2.45, 2.75) is 71.1 Å². The molecule has 8 N–H and O–H groups in total. The smallest absolute Gasteiger partial charge is 0.326 e. The standard InChI is InChI=1S/C21H36N6O6/c1-5-12(4)17(20(31)26-16(21(32)33)6-11(2)3)27-19(30)15(7-13-8-23-10-24-13)25-18(29)14(22)9-28/h8,10-12,14-17,28H,5-7,9,22H2,1-4H3,(H,23,24)(H,25,29)(H,26,31)(H,27,30)(H,32,33). The number of aliphatic hydroxyl groups excluding tert-OH is 1. The first-order valence-electron chi connectivity index (χ1n) is 11.0.